The third-order valence-electron chi connectivity index (χ3n) is 3.72. The highest BCUT2D eigenvalue weighted by molar-refractivity contribution is 5.92. The lowest BCUT2D eigenvalue weighted by Gasteiger charge is -2.32. The summed E-state index contributed by atoms with van der Waals surface area (Å²) in [7, 11) is 0. The molecule has 20 heavy (non-hydrogen) atoms. The minimum absolute atomic E-state index is 0.0163. The third kappa shape index (κ3) is 3.60. The quantitative estimate of drug-likeness (QED) is 0.917. The molecule has 0 saturated carbocycles. The van der Waals surface area contributed by atoms with Crippen molar-refractivity contribution in [3.63, 3.8) is 0 Å². The zero-order valence-electron chi connectivity index (χ0n) is 12.9. The number of piperidine rings is 1. The van der Waals surface area contributed by atoms with E-state index in [0.29, 0.717) is 29.3 Å². The Morgan fingerprint density at radius 2 is 2.25 bits per heavy atom. The average Bonchev–Trinajstić information content (AvgIpc) is 2.75. The van der Waals surface area contributed by atoms with Crippen LogP contribution < -0.4 is 5.32 Å². The van der Waals surface area contributed by atoms with Crippen molar-refractivity contribution in [3.05, 3.63) is 17.3 Å². The summed E-state index contributed by atoms with van der Waals surface area (Å²) in [5, 5.41) is 3.46. The van der Waals surface area contributed by atoms with Crippen molar-refractivity contribution >= 4 is 5.91 Å². The van der Waals surface area contributed by atoms with Crippen LogP contribution >= 0.6 is 0 Å². The first kappa shape index (κ1) is 15.0. The largest absolute Gasteiger partial charge is 0.436 e. The Morgan fingerprint density at radius 3 is 2.85 bits per heavy atom. The molecule has 1 amide bonds. The van der Waals surface area contributed by atoms with Crippen molar-refractivity contribution in [2.75, 3.05) is 19.6 Å². The topological polar surface area (TPSA) is 58.4 Å². The van der Waals surface area contributed by atoms with Gasteiger partial charge in [0.25, 0.3) is 5.91 Å². The van der Waals surface area contributed by atoms with Gasteiger partial charge >= 0.3 is 0 Å². The number of nitrogens with zero attached hydrogens (tertiary/aromatic N) is 2. The molecule has 1 unspecified atom stereocenters. The van der Waals surface area contributed by atoms with E-state index in [1.807, 2.05) is 11.8 Å². The van der Waals surface area contributed by atoms with Crippen molar-refractivity contribution in [2.24, 2.45) is 5.92 Å². The van der Waals surface area contributed by atoms with Gasteiger partial charge in [-0.15, -0.1) is 0 Å². The predicted molar refractivity (Wildman–Crippen MR) is 77.7 cm³/mol. The van der Waals surface area contributed by atoms with Gasteiger partial charge in [-0.1, -0.05) is 13.8 Å². The Morgan fingerprint density at radius 1 is 1.50 bits per heavy atom. The lowest BCUT2D eigenvalue weighted by Crippen LogP contribution is -2.43. The number of likely N-dealkylation sites (tertiary alicyclic amines) is 1. The summed E-state index contributed by atoms with van der Waals surface area (Å²) in [6.45, 7) is 10.5. The molecule has 1 aliphatic heterocycles. The van der Waals surface area contributed by atoms with Gasteiger partial charge in [0, 0.05) is 26.1 Å². The molecule has 1 N–H and O–H groups in total. The second kappa shape index (κ2) is 6.39. The van der Waals surface area contributed by atoms with E-state index < -0.39 is 0 Å². The van der Waals surface area contributed by atoms with Crippen LogP contribution in [0.4, 0.5) is 0 Å². The molecular weight excluding hydrogens is 254 g/mol. The predicted octanol–water partition coefficient (Wildman–Crippen LogP) is 2.14. The van der Waals surface area contributed by atoms with E-state index in [2.05, 4.69) is 24.1 Å². The number of aromatic nitrogens is 1. The third-order valence-corrected chi connectivity index (χ3v) is 3.72. The Balaban J connectivity index is 1.98. The molecular formula is C15H25N3O2. The van der Waals surface area contributed by atoms with E-state index in [1.54, 1.807) is 6.92 Å². The van der Waals surface area contributed by atoms with E-state index in [-0.39, 0.29) is 5.91 Å². The molecule has 1 saturated heterocycles. The zero-order valence-corrected chi connectivity index (χ0v) is 12.9. The SMILES string of the molecule is Cc1nc(C)c(C(=O)N2CCCC(CNC(C)C)C2)o1. The Kier molecular flexibility index (Phi) is 4.81. The van der Waals surface area contributed by atoms with Crippen LogP contribution in [-0.4, -0.2) is 41.5 Å². The number of amides is 1. The van der Waals surface area contributed by atoms with Gasteiger partial charge in [-0.3, -0.25) is 4.79 Å². The number of hydrogen-bond acceptors (Lipinski definition) is 4. The van der Waals surface area contributed by atoms with Crippen LogP contribution in [0.1, 0.15) is 48.8 Å². The minimum atomic E-state index is -0.0163. The smallest absolute Gasteiger partial charge is 0.291 e. The van der Waals surface area contributed by atoms with Crippen LogP contribution in [0.25, 0.3) is 0 Å². The van der Waals surface area contributed by atoms with Gasteiger partial charge in [-0.25, -0.2) is 4.98 Å². The highest BCUT2D eigenvalue weighted by Gasteiger charge is 2.27. The summed E-state index contributed by atoms with van der Waals surface area (Å²) in [5.41, 5.74) is 0.690. The highest BCUT2D eigenvalue weighted by atomic mass is 16.4. The summed E-state index contributed by atoms with van der Waals surface area (Å²) < 4.78 is 5.44. The summed E-state index contributed by atoms with van der Waals surface area (Å²) >= 11 is 0. The molecule has 1 aliphatic rings. The fourth-order valence-corrected chi connectivity index (χ4v) is 2.69. The van der Waals surface area contributed by atoms with E-state index in [0.717, 1.165) is 26.1 Å². The number of carbonyl (C=O) groups is 1. The summed E-state index contributed by atoms with van der Waals surface area (Å²) in [4.78, 5) is 18.6. The molecule has 2 rings (SSSR count). The maximum absolute atomic E-state index is 12.5. The fourth-order valence-electron chi connectivity index (χ4n) is 2.69. The normalized spacial score (nSPS) is 19.6. The Labute approximate surface area is 120 Å². The van der Waals surface area contributed by atoms with Gasteiger partial charge < -0.3 is 14.6 Å². The van der Waals surface area contributed by atoms with Gasteiger partial charge in [-0.2, -0.15) is 0 Å². The zero-order chi connectivity index (χ0) is 14.7. The molecule has 0 aliphatic carbocycles. The first-order chi connectivity index (χ1) is 9.47. The maximum Gasteiger partial charge on any atom is 0.291 e. The van der Waals surface area contributed by atoms with E-state index in [1.165, 1.54) is 6.42 Å². The molecule has 0 spiro atoms. The number of rotatable bonds is 4. The fraction of sp³-hybridized carbons (Fsp3) is 0.733. The molecule has 5 heteroatoms. The summed E-state index contributed by atoms with van der Waals surface area (Å²) in [5.74, 6) is 1.47. The number of nitrogens with one attached hydrogen (secondary N) is 1. The molecule has 1 fully saturated rings. The second-order valence-corrected chi connectivity index (χ2v) is 5.97. The monoisotopic (exact) mass is 279 g/mol. The first-order valence-electron chi connectivity index (χ1n) is 7.44. The van der Waals surface area contributed by atoms with Crippen LogP contribution in [0, 0.1) is 19.8 Å². The lowest BCUT2D eigenvalue weighted by atomic mass is 9.97. The molecule has 5 nitrogen and oxygen atoms in total. The van der Waals surface area contributed by atoms with Crippen LogP contribution in [0.3, 0.4) is 0 Å². The molecule has 0 bridgehead atoms. The molecule has 0 radical (unpaired) electrons. The average molecular weight is 279 g/mol. The van der Waals surface area contributed by atoms with Gasteiger partial charge in [0.2, 0.25) is 5.76 Å². The highest BCUT2D eigenvalue weighted by Crippen LogP contribution is 2.20. The van der Waals surface area contributed by atoms with Gasteiger partial charge in [0.1, 0.15) is 0 Å². The molecule has 1 atom stereocenters. The number of oxazole rings is 1. The molecule has 0 aromatic carbocycles. The molecule has 1 aromatic heterocycles. The van der Waals surface area contributed by atoms with E-state index >= 15 is 0 Å². The molecule has 2 heterocycles. The van der Waals surface area contributed by atoms with Crippen molar-refractivity contribution in [1.82, 2.24) is 15.2 Å². The minimum Gasteiger partial charge on any atom is -0.436 e. The van der Waals surface area contributed by atoms with Crippen LogP contribution in [0.5, 0.6) is 0 Å². The first-order valence-corrected chi connectivity index (χ1v) is 7.44. The van der Waals surface area contributed by atoms with Gasteiger partial charge in [0.15, 0.2) is 5.89 Å². The van der Waals surface area contributed by atoms with Crippen LogP contribution in [0.2, 0.25) is 0 Å². The second-order valence-electron chi connectivity index (χ2n) is 5.97. The van der Waals surface area contributed by atoms with E-state index in [9.17, 15) is 4.79 Å². The standard InChI is InChI=1S/C15H25N3O2/c1-10(2)16-8-13-6-5-7-18(9-13)15(19)14-11(3)17-12(4)20-14/h10,13,16H,5-9H2,1-4H3. The molecule has 112 valence electrons. The Bertz CT molecular complexity index is 468. The van der Waals surface area contributed by atoms with Crippen molar-refractivity contribution in [1.29, 1.82) is 0 Å². The van der Waals surface area contributed by atoms with Crippen molar-refractivity contribution < 1.29 is 9.21 Å². The molecule has 1 aromatic rings. The van der Waals surface area contributed by atoms with Crippen LogP contribution in [0.15, 0.2) is 4.42 Å². The summed E-state index contributed by atoms with van der Waals surface area (Å²) in [6.07, 6.45) is 2.24. The van der Waals surface area contributed by atoms with Crippen LogP contribution in [-0.2, 0) is 0 Å². The number of hydrogen-bond donors (Lipinski definition) is 1. The summed E-state index contributed by atoms with van der Waals surface area (Å²) in [6, 6.07) is 0.486. The number of aryl methyl sites for hydroxylation is 2. The maximum atomic E-state index is 12.5. The van der Waals surface area contributed by atoms with E-state index in [4.69, 9.17) is 4.42 Å². The number of carbonyl (C=O) groups excluding carboxylic acids is 1. The van der Waals surface area contributed by atoms with Gasteiger partial charge in [-0.05, 0) is 32.2 Å². The lowest BCUT2D eigenvalue weighted by molar-refractivity contribution is 0.0638. The Hall–Kier alpha value is -1.36. The van der Waals surface area contributed by atoms with Crippen molar-refractivity contribution in [3.8, 4) is 0 Å². The van der Waals surface area contributed by atoms with Gasteiger partial charge in [0.05, 0.1) is 5.69 Å². The van der Waals surface area contributed by atoms with Crippen molar-refractivity contribution in [2.45, 2.75) is 46.6 Å².